The third-order valence-electron chi connectivity index (χ3n) is 3.95. The zero-order valence-corrected chi connectivity index (χ0v) is 12.7. The molecule has 4 heteroatoms. The van der Waals surface area contributed by atoms with Crippen LogP contribution in [0.1, 0.15) is 50.3 Å². The number of hydrogen-bond donors (Lipinski definition) is 1. The van der Waals surface area contributed by atoms with Gasteiger partial charge >= 0.3 is 0 Å². The first-order valence-electron chi connectivity index (χ1n) is 7.00. The van der Waals surface area contributed by atoms with E-state index in [-0.39, 0.29) is 6.10 Å². The van der Waals surface area contributed by atoms with Gasteiger partial charge in [0, 0.05) is 37.0 Å². The van der Waals surface area contributed by atoms with Crippen molar-refractivity contribution in [2.75, 3.05) is 14.2 Å². The summed E-state index contributed by atoms with van der Waals surface area (Å²) in [5.74, 6) is 0.889. The van der Waals surface area contributed by atoms with Crippen molar-refractivity contribution in [1.82, 2.24) is 15.3 Å². The molecule has 0 bridgehead atoms. The number of hydrogen-bond acceptors (Lipinski definition) is 4. The van der Waals surface area contributed by atoms with Crippen LogP contribution in [0.3, 0.4) is 0 Å². The molecule has 0 saturated carbocycles. The first-order valence-corrected chi connectivity index (χ1v) is 7.00. The van der Waals surface area contributed by atoms with Crippen molar-refractivity contribution in [3.63, 3.8) is 0 Å². The molecule has 4 nitrogen and oxygen atoms in total. The van der Waals surface area contributed by atoms with Crippen LogP contribution in [0, 0.1) is 5.41 Å². The van der Waals surface area contributed by atoms with Gasteiger partial charge in [-0.2, -0.15) is 0 Å². The largest absolute Gasteiger partial charge is 0.381 e. The molecule has 0 amide bonds. The van der Waals surface area contributed by atoms with Crippen molar-refractivity contribution in [2.24, 2.45) is 5.41 Å². The molecule has 0 aliphatic heterocycles. The fraction of sp³-hybridized carbons (Fsp3) is 0.733. The van der Waals surface area contributed by atoms with E-state index in [0.717, 1.165) is 25.1 Å². The average molecular weight is 263 g/mol. The molecule has 2 rings (SSSR count). The van der Waals surface area contributed by atoms with E-state index in [1.165, 1.54) is 11.3 Å². The number of ether oxygens (including phenoxy) is 1. The van der Waals surface area contributed by atoms with Gasteiger partial charge in [-0.25, -0.2) is 9.97 Å². The van der Waals surface area contributed by atoms with Crippen LogP contribution in [0.25, 0.3) is 0 Å². The summed E-state index contributed by atoms with van der Waals surface area (Å²) in [5, 5.41) is 3.38. The molecule has 1 aromatic rings. The summed E-state index contributed by atoms with van der Waals surface area (Å²) < 4.78 is 5.29. The third-order valence-corrected chi connectivity index (χ3v) is 3.95. The Morgan fingerprint density at radius 2 is 2.26 bits per heavy atom. The van der Waals surface area contributed by atoms with Crippen LogP contribution in [0.2, 0.25) is 0 Å². The predicted molar refractivity (Wildman–Crippen MR) is 76.1 cm³/mol. The Morgan fingerprint density at radius 1 is 1.53 bits per heavy atom. The number of fused-ring (bicyclic) bond motifs is 1. The predicted octanol–water partition coefficient (Wildman–Crippen LogP) is 2.29. The number of rotatable bonds is 4. The Bertz CT molecular complexity index is 445. The normalized spacial score (nSPS) is 22.9. The highest BCUT2D eigenvalue weighted by molar-refractivity contribution is 5.26. The van der Waals surface area contributed by atoms with E-state index in [9.17, 15) is 0 Å². The lowest BCUT2D eigenvalue weighted by Gasteiger charge is -2.36. The molecule has 2 atom stereocenters. The minimum absolute atomic E-state index is 0.162. The molecule has 0 fully saturated rings. The lowest BCUT2D eigenvalue weighted by Crippen LogP contribution is -2.33. The molecular formula is C15H25N3O. The zero-order chi connectivity index (χ0) is 14.0. The molecule has 2 unspecified atom stereocenters. The Labute approximate surface area is 116 Å². The van der Waals surface area contributed by atoms with E-state index < -0.39 is 0 Å². The van der Waals surface area contributed by atoms with Gasteiger partial charge in [0.2, 0.25) is 0 Å². The molecule has 1 aliphatic rings. The molecular weight excluding hydrogens is 238 g/mol. The topological polar surface area (TPSA) is 47.0 Å². The van der Waals surface area contributed by atoms with Crippen molar-refractivity contribution >= 4 is 0 Å². The highest BCUT2D eigenvalue weighted by Crippen LogP contribution is 2.39. The van der Waals surface area contributed by atoms with Crippen molar-refractivity contribution in [1.29, 1.82) is 0 Å². The van der Waals surface area contributed by atoms with Gasteiger partial charge in [0.25, 0.3) is 0 Å². The second kappa shape index (κ2) is 5.55. The van der Waals surface area contributed by atoms with Crippen LogP contribution in [-0.2, 0) is 17.6 Å². The van der Waals surface area contributed by atoms with Crippen molar-refractivity contribution in [3.05, 3.63) is 23.3 Å². The molecule has 0 spiro atoms. The van der Waals surface area contributed by atoms with Crippen LogP contribution in [-0.4, -0.2) is 30.2 Å². The fourth-order valence-corrected chi connectivity index (χ4v) is 2.78. The monoisotopic (exact) mass is 263 g/mol. The fourth-order valence-electron chi connectivity index (χ4n) is 2.78. The summed E-state index contributed by atoms with van der Waals surface area (Å²) in [4.78, 5) is 9.26. The van der Waals surface area contributed by atoms with Crippen molar-refractivity contribution < 1.29 is 4.74 Å². The average Bonchev–Trinajstić information content (AvgIpc) is 2.36. The smallest absolute Gasteiger partial charge is 0.131 e. The van der Waals surface area contributed by atoms with Gasteiger partial charge < -0.3 is 10.1 Å². The van der Waals surface area contributed by atoms with Gasteiger partial charge in [0.05, 0.1) is 6.10 Å². The third kappa shape index (κ3) is 3.31. The molecule has 0 aromatic carbocycles. The van der Waals surface area contributed by atoms with E-state index in [2.05, 4.69) is 24.1 Å². The minimum atomic E-state index is 0.162. The molecule has 1 N–H and O–H groups in total. The van der Waals surface area contributed by atoms with Gasteiger partial charge in [0.15, 0.2) is 0 Å². The van der Waals surface area contributed by atoms with E-state index in [0.29, 0.717) is 11.5 Å². The van der Waals surface area contributed by atoms with Crippen LogP contribution in [0.15, 0.2) is 6.20 Å². The first-order chi connectivity index (χ1) is 8.95. The molecule has 1 aromatic heterocycles. The second-order valence-electron chi connectivity index (χ2n) is 6.33. The van der Waals surface area contributed by atoms with Gasteiger partial charge in [-0.15, -0.1) is 0 Å². The molecule has 106 valence electrons. The first kappa shape index (κ1) is 14.4. The van der Waals surface area contributed by atoms with E-state index in [1.807, 2.05) is 20.2 Å². The maximum atomic E-state index is 5.29. The summed E-state index contributed by atoms with van der Waals surface area (Å²) in [6.07, 6.45) is 5.09. The van der Waals surface area contributed by atoms with Crippen LogP contribution >= 0.6 is 0 Å². The lowest BCUT2D eigenvalue weighted by molar-refractivity contribution is 0.117. The lowest BCUT2D eigenvalue weighted by atomic mass is 9.74. The maximum Gasteiger partial charge on any atom is 0.131 e. The summed E-state index contributed by atoms with van der Waals surface area (Å²) in [5.41, 5.74) is 2.75. The molecule has 1 aliphatic carbocycles. The Morgan fingerprint density at radius 3 is 2.89 bits per heavy atom. The quantitative estimate of drug-likeness (QED) is 0.905. The SMILES string of the molecule is CNC1CC(C)(C)Cc2nc(CC(C)OC)ncc21. The summed E-state index contributed by atoms with van der Waals surface area (Å²) in [6.45, 7) is 6.66. The number of methoxy groups -OCH3 is 1. The highest BCUT2D eigenvalue weighted by Gasteiger charge is 2.32. The maximum absolute atomic E-state index is 5.29. The standard InChI is InChI=1S/C15H25N3O/c1-10(19-5)6-14-17-9-11-12(16-4)7-15(2,3)8-13(11)18-14/h9-10,12,16H,6-8H2,1-5H3. The zero-order valence-electron chi connectivity index (χ0n) is 12.7. The Hall–Kier alpha value is -1.00. The van der Waals surface area contributed by atoms with E-state index in [4.69, 9.17) is 9.72 Å². The Kier molecular flexibility index (Phi) is 4.21. The summed E-state index contributed by atoms with van der Waals surface area (Å²) >= 11 is 0. The second-order valence-corrected chi connectivity index (χ2v) is 6.33. The van der Waals surface area contributed by atoms with Gasteiger partial charge in [-0.3, -0.25) is 0 Å². The van der Waals surface area contributed by atoms with Gasteiger partial charge in [-0.1, -0.05) is 13.8 Å². The number of nitrogens with zero attached hydrogens (tertiary/aromatic N) is 2. The van der Waals surface area contributed by atoms with Gasteiger partial charge in [0.1, 0.15) is 5.82 Å². The van der Waals surface area contributed by atoms with Crippen LogP contribution in [0.5, 0.6) is 0 Å². The molecule has 0 saturated heterocycles. The molecule has 0 radical (unpaired) electrons. The Balaban J connectivity index is 2.28. The van der Waals surface area contributed by atoms with E-state index >= 15 is 0 Å². The van der Waals surface area contributed by atoms with Gasteiger partial charge in [-0.05, 0) is 32.2 Å². The van der Waals surface area contributed by atoms with Crippen LogP contribution < -0.4 is 5.32 Å². The van der Waals surface area contributed by atoms with E-state index in [1.54, 1.807) is 7.11 Å². The van der Waals surface area contributed by atoms with Crippen LogP contribution in [0.4, 0.5) is 0 Å². The van der Waals surface area contributed by atoms with Crippen molar-refractivity contribution in [2.45, 2.75) is 52.2 Å². The molecule has 19 heavy (non-hydrogen) atoms. The minimum Gasteiger partial charge on any atom is -0.381 e. The number of aromatic nitrogens is 2. The molecule has 1 heterocycles. The summed E-state index contributed by atoms with van der Waals surface area (Å²) in [7, 11) is 3.74. The highest BCUT2D eigenvalue weighted by atomic mass is 16.5. The summed E-state index contributed by atoms with van der Waals surface area (Å²) in [6, 6.07) is 0.368. The number of nitrogens with one attached hydrogen (secondary N) is 1. The van der Waals surface area contributed by atoms with Crippen molar-refractivity contribution in [3.8, 4) is 0 Å².